The minimum atomic E-state index is -1.71. The van der Waals surface area contributed by atoms with Crippen LogP contribution in [0.3, 0.4) is 0 Å². The Hall–Kier alpha value is -1.66. The van der Waals surface area contributed by atoms with Crippen molar-refractivity contribution in [3.8, 4) is 0 Å². The Labute approximate surface area is 153 Å². The molecule has 6 nitrogen and oxygen atoms in total. The topological polar surface area (TPSA) is 93.1 Å². The average molecular weight is 364 g/mol. The van der Waals surface area contributed by atoms with Gasteiger partial charge in [-0.05, 0) is 39.5 Å². The number of ether oxygens (including phenoxy) is 2. The van der Waals surface area contributed by atoms with Gasteiger partial charge in [-0.1, -0.05) is 19.9 Å². The van der Waals surface area contributed by atoms with Gasteiger partial charge in [-0.3, -0.25) is 0 Å². The van der Waals surface area contributed by atoms with Crippen LogP contribution >= 0.6 is 0 Å². The third-order valence-corrected chi connectivity index (χ3v) is 7.01. The maximum Gasteiger partial charge on any atom is 0.336 e. The zero-order chi connectivity index (χ0) is 19.4. The first-order valence-corrected chi connectivity index (χ1v) is 9.25. The van der Waals surface area contributed by atoms with Gasteiger partial charge in [0.2, 0.25) is 5.79 Å². The van der Waals surface area contributed by atoms with E-state index in [-0.39, 0.29) is 41.5 Å². The maximum absolute atomic E-state index is 12.2. The molecule has 2 aliphatic carbocycles. The highest BCUT2D eigenvalue weighted by Crippen LogP contribution is 2.59. The van der Waals surface area contributed by atoms with E-state index < -0.39 is 23.3 Å². The first-order valence-electron chi connectivity index (χ1n) is 9.25. The normalized spacial score (nSPS) is 42.9. The number of fused-ring (bicyclic) bond motifs is 2. The minimum absolute atomic E-state index is 0.0438. The molecule has 0 unspecified atom stereocenters. The first kappa shape index (κ1) is 19.1. The van der Waals surface area contributed by atoms with E-state index in [2.05, 4.69) is 0 Å². The Bertz CT molecular complexity index is 707. The third kappa shape index (κ3) is 2.54. The number of hydrogen-bond acceptors (Lipinski definition) is 6. The van der Waals surface area contributed by atoms with Gasteiger partial charge in [0, 0.05) is 34.5 Å². The zero-order valence-corrected chi connectivity index (χ0v) is 16.0. The summed E-state index contributed by atoms with van der Waals surface area (Å²) in [6.07, 6.45) is 1.95. The quantitative estimate of drug-likeness (QED) is 0.577. The Morgan fingerprint density at radius 1 is 1.38 bits per heavy atom. The summed E-state index contributed by atoms with van der Waals surface area (Å²) < 4.78 is 10.9. The van der Waals surface area contributed by atoms with Crippen molar-refractivity contribution in [3.63, 3.8) is 0 Å². The van der Waals surface area contributed by atoms with Crippen molar-refractivity contribution in [2.75, 3.05) is 0 Å². The molecule has 2 N–H and O–H groups in total. The van der Waals surface area contributed by atoms with Gasteiger partial charge in [0.05, 0.1) is 6.10 Å². The van der Waals surface area contributed by atoms with Crippen molar-refractivity contribution >= 4 is 11.9 Å². The lowest BCUT2D eigenvalue weighted by Crippen LogP contribution is -2.61. The van der Waals surface area contributed by atoms with E-state index in [1.807, 2.05) is 13.8 Å². The second-order valence-corrected chi connectivity index (χ2v) is 8.16. The molecule has 0 aromatic rings. The molecule has 2 fully saturated rings. The van der Waals surface area contributed by atoms with Crippen LogP contribution in [0.15, 0.2) is 22.8 Å². The number of allylic oxidation sites excluding steroid dienone is 1. The largest absolute Gasteiger partial charge is 0.459 e. The van der Waals surface area contributed by atoms with Crippen molar-refractivity contribution in [2.24, 2.45) is 17.3 Å². The van der Waals surface area contributed by atoms with Crippen LogP contribution in [0.4, 0.5) is 0 Å². The maximum atomic E-state index is 12.2. The summed E-state index contributed by atoms with van der Waals surface area (Å²) >= 11 is 0. The van der Waals surface area contributed by atoms with Crippen LogP contribution in [0.1, 0.15) is 53.9 Å². The molecule has 1 aliphatic heterocycles. The number of carbonyl (C=O) groups excluding carboxylic acids is 2. The molecule has 0 aromatic carbocycles. The highest BCUT2D eigenvalue weighted by Gasteiger charge is 2.64. The lowest BCUT2D eigenvalue weighted by molar-refractivity contribution is -0.230. The van der Waals surface area contributed by atoms with Gasteiger partial charge < -0.3 is 19.7 Å². The van der Waals surface area contributed by atoms with Crippen LogP contribution in [-0.4, -0.2) is 40.1 Å². The summed E-state index contributed by atoms with van der Waals surface area (Å²) in [6, 6.07) is 0. The lowest BCUT2D eigenvalue weighted by atomic mass is 9.51. The third-order valence-electron chi connectivity index (χ3n) is 7.01. The zero-order valence-electron chi connectivity index (χ0n) is 16.0. The Morgan fingerprint density at radius 3 is 2.65 bits per heavy atom. The minimum Gasteiger partial charge on any atom is -0.459 e. The smallest absolute Gasteiger partial charge is 0.336 e. The molecule has 6 atom stereocenters. The number of carbonyl (C=O) groups is 2. The van der Waals surface area contributed by atoms with E-state index in [1.165, 1.54) is 0 Å². The molecule has 3 aliphatic rings. The molecule has 0 radical (unpaired) electrons. The lowest BCUT2D eigenvalue weighted by Gasteiger charge is -2.57. The number of rotatable bonds is 2. The summed E-state index contributed by atoms with van der Waals surface area (Å²) in [4.78, 5) is 24.2. The van der Waals surface area contributed by atoms with E-state index in [1.54, 1.807) is 26.8 Å². The van der Waals surface area contributed by atoms with Crippen LogP contribution in [0, 0.1) is 17.3 Å². The fraction of sp³-hybridized carbons (Fsp3) is 0.700. The Balaban J connectivity index is 1.93. The van der Waals surface area contributed by atoms with Gasteiger partial charge in [0.25, 0.3) is 0 Å². The van der Waals surface area contributed by atoms with E-state index in [4.69, 9.17) is 9.47 Å². The molecule has 0 amide bonds. The highest BCUT2D eigenvalue weighted by atomic mass is 16.7. The van der Waals surface area contributed by atoms with Crippen molar-refractivity contribution in [3.05, 3.63) is 22.8 Å². The summed E-state index contributed by atoms with van der Waals surface area (Å²) in [6.45, 7) is 9.00. The van der Waals surface area contributed by atoms with Gasteiger partial charge >= 0.3 is 11.9 Å². The molecule has 6 heteroatoms. The van der Waals surface area contributed by atoms with Gasteiger partial charge in [-0.25, -0.2) is 9.59 Å². The molecule has 1 heterocycles. The molecular weight excluding hydrogens is 336 g/mol. The highest BCUT2D eigenvalue weighted by molar-refractivity contribution is 5.92. The van der Waals surface area contributed by atoms with Crippen LogP contribution in [0.25, 0.3) is 0 Å². The Kier molecular flexibility index (Phi) is 4.56. The fourth-order valence-corrected chi connectivity index (χ4v) is 4.91. The van der Waals surface area contributed by atoms with Crippen LogP contribution < -0.4 is 0 Å². The molecule has 0 bridgehead atoms. The number of esters is 2. The Morgan fingerprint density at radius 2 is 2.04 bits per heavy atom. The van der Waals surface area contributed by atoms with Crippen LogP contribution in [-0.2, 0) is 19.1 Å². The SMILES string of the molecule is C/C=C(/C)C(=O)O[C@H]1CC[C@@H]2C[C@]3(O)OC(=O)C(C)=C3[C@H](O)[C@]2(C)[C@H]1C. The molecule has 0 spiro atoms. The van der Waals surface area contributed by atoms with E-state index in [9.17, 15) is 19.8 Å². The van der Waals surface area contributed by atoms with Crippen molar-refractivity contribution < 1.29 is 29.3 Å². The molecule has 0 aromatic heterocycles. The molecule has 144 valence electrons. The molecule has 0 saturated heterocycles. The predicted octanol–water partition coefficient (Wildman–Crippen LogP) is 2.24. The van der Waals surface area contributed by atoms with Gasteiger partial charge in [-0.15, -0.1) is 0 Å². The molecule has 3 rings (SSSR count). The monoisotopic (exact) mass is 364 g/mol. The summed E-state index contributed by atoms with van der Waals surface area (Å²) in [5, 5.41) is 22.0. The van der Waals surface area contributed by atoms with Gasteiger partial charge in [-0.2, -0.15) is 0 Å². The average Bonchev–Trinajstić information content (AvgIpc) is 2.81. The van der Waals surface area contributed by atoms with E-state index in [0.717, 1.165) is 0 Å². The molecular formula is C20H28O6. The van der Waals surface area contributed by atoms with E-state index in [0.29, 0.717) is 18.4 Å². The second-order valence-electron chi connectivity index (χ2n) is 8.16. The standard InChI is InChI=1S/C20H28O6/c1-6-10(2)17(22)25-14-8-7-13-9-20(24)15(11(3)18(23)26-20)16(21)19(13,5)12(14)4/h6,12-14,16,21,24H,7-9H2,1-5H3/b10-6-/t12-,13+,14-,16-,19+,20-/m0/s1. The van der Waals surface area contributed by atoms with Crippen LogP contribution in [0.2, 0.25) is 0 Å². The molecule has 26 heavy (non-hydrogen) atoms. The summed E-state index contributed by atoms with van der Waals surface area (Å²) in [5.74, 6) is -2.82. The van der Waals surface area contributed by atoms with E-state index >= 15 is 0 Å². The number of hydrogen-bond donors (Lipinski definition) is 2. The fourth-order valence-electron chi connectivity index (χ4n) is 4.91. The van der Waals surface area contributed by atoms with Gasteiger partial charge in [0.15, 0.2) is 0 Å². The number of aliphatic hydroxyl groups is 2. The van der Waals surface area contributed by atoms with Crippen molar-refractivity contribution in [1.29, 1.82) is 0 Å². The van der Waals surface area contributed by atoms with Crippen molar-refractivity contribution in [2.45, 2.75) is 71.9 Å². The summed E-state index contributed by atoms with van der Waals surface area (Å²) in [7, 11) is 0. The van der Waals surface area contributed by atoms with Crippen LogP contribution in [0.5, 0.6) is 0 Å². The van der Waals surface area contributed by atoms with Crippen molar-refractivity contribution in [1.82, 2.24) is 0 Å². The van der Waals surface area contributed by atoms with Gasteiger partial charge in [0.1, 0.15) is 6.10 Å². The number of aliphatic hydroxyl groups excluding tert-OH is 1. The summed E-state index contributed by atoms with van der Waals surface area (Å²) in [5.41, 5.74) is 0.473. The first-order chi connectivity index (χ1) is 12.1. The molecule has 2 saturated carbocycles. The second kappa shape index (κ2) is 6.20. The predicted molar refractivity (Wildman–Crippen MR) is 93.7 cm³/mol.